The molecule has 0 spiro atoms. The summed E-state index contributed by atoms with van der Waals surface area (Å²) >= 11 is 0. The third-order valence-corrected chi connectivity index (χ3v) is 12.9. The summed E-state index contributed by atoms with van der Waals surface area (Å²) in [6.45, 7) is 1.54. The lowest BCUT2D eigenvalue weighted by Gasteiger charge is -2.46. The normalized spacial score (nSPS) is 23.5. The summed E-state index contributed by atoms with van der Waals surface area (Å²) in [5.41, 5.74) is 6.52. The van der Waals surface area contributed by atoms with E-state index in [9.17, 15) is 4.79 Å². The largest absolute Gasteiger partial charge is 0.417 e. The number of nitrogens with one attached hydrogen (secondary N) is 1. The SMILES string of the molecule is CO[C@H]1O[C@H](NC(=O)O[C@@H]2O[C@H](COCc3ccccc3)[C@@H](OCc3ccccc3)[C@H](OCc3ccccc3)[C@H]2OCc2ccccc2)[C@@H](OCc2ccccc2)[C@H](OCc2ccccc2)[C@H]1OCc1ccccc1. The van der Waals surface area contributed by atoms with Gasteiger partial charge >= 0.3 is 6.09 Å². The Balaban J connectivity index is 1.03. The van der Waals surface area contributed by atoms with Crippen molar-refractivity contribution in [2.24, 2.45) is 0 Å². The van der Waals surface area contributed by atoms with Crippen molar-refractivity contribution >= 4 is 6.09 Å². The first-order valence-corrected chi connectivity index (χ1v) is 25.4. The molecule has 2 aliphatic rings. The molecule has 0 aliphatic carbocycles. The van der Waals surface area contributed by atoms with Gasteiger partial charge < -0.3 is 52.1 Å². The fraction of sp³-hybridized carbons (Fsp3) is 0.306. The Labute approximate surface area is 439 Å². The van der Waals surface area contributed by atoms with Crippen LogP contribution in [-0.2, 0) is 98.4 Å². The summed E-state index contributed by atoms with van der Waals surface area (Å²) < 4.78 is 73.0. The molecule has 9 rings (SSSR count). The predicted octanol–water partition coefficient (Wildman–Crippen LogP) is 10.5. The van der Waals surface area contributed by atoms with Gasteiger partial charge in [0.05, 0.1) is 52.9 Å². The first kappa shape index (κ1) is 53.2. The molecule has 2 saturated heterocycles. The van der Waals surface area contributed by atoms with Gasteiger partial charge in [-0.3, -0.25) is 5.32 Å². The second-order valence-electron chi connectivity index (χ2n) is 18.3. The zero-order valence-electron chi connectivity index (χ0n) is 42.0. The number of ether oxygens (including phenoxy) is 11. The minimum Gasteiger partial charge on any atom is -0.417 e. The molecule has 390 valence electrons. The first-order chi connectivity index (χ1) is 37.1. The molecule has 1 N–H and O–H groups in total. The van der Waals surface area contributed by atoms with Crippen molar-refractivity contribution in [1.29, 1.82) is 0 Å². The zero-order chi connectivity index (χ0) is 51.3. The Bertz CT molecular complexity index is 2680. The highest BCUT2D eigenvalue weighted by Gasteiger charge is 2.52. The monoisotopic (exact) mass is 1020 g/mol. The Morgan fingerprint density at radius 2 is 0.680 bits per heavy atom. The van der Waals surface area contributed by atoms with Crippen molar-refractivity contribution in [2.75, 3.05) is 13.7 Å². The molecule has 0 bridgehead atoms. The molecule has 0 aromatic heterocycles. The summed E-state index contributed by atoms with van der Waals surface area (Å²) in [5, 5.41) is 2.98. The van der Waals surface area contributed by atoms with Gasteiger partial charge in [0.25, 0.3) is 0 Å². The fourth-order valence-corrected chi connectivity index (χ4v) is 9.06. The summed E-state index contributed by atoms with van der Waals surface area (Å²) in [4.78, 5) is 14.9. The highest BCUT2D eigenvalue weighted by atomic mass is 16.8. The van der Waals surface area contributed by atoms with Gasteiger partial charge in [-0.25, -0.2) is 4.79 Å². The van der Waals surface area contributed by atoms with Gasteiger partial charge in [0.2, 0.25) is 6.29 Å². The maximum absolute atomic E-state index is 14.9. The van der Waals surface area contributed by atoms with Crippen LogP contribution >= 0.6 is 0 Å². The number of amides is 1. The predicted molar refractivity (Wildman–Crippen MR) is 280 cm³/mol. The van der Waals surface area contributed by atoms with Crippen molar-refractivity contribution in [2.45, 2.75) is 108 Å². The topological polar surface area (TPSA) is 131 Å². The van der Waals surface area contributed by atoms with Crippen molar-refractivity contribution < 1.29 is 56.9 Å². The highest BCUT2D eigenvalue weighted by molar-refractivity contribution is 5.67. The van der Waals surface area contributed by atoms with Gasteiger partial charge in [0.1, 0.15) is 42.7 Å². The molecule has 13 heteroatoms. The van der Waals surface area contributed by atoms with Crippen molar-refractivity contribution in [3.63, 3.8) is 0 Å². The maximum Gasteiger partial charge on any atom is 0.411 e. The van der Waals surface area contributed by atoms with Crippen LogP contribution < -0.4 is 5.32 Å². The quantitative estimate of drug-likeness (QED) is 0.0585. The van der Waals surface area contributed by atoms with Crippen LogP contribution in [0.15, 0.2) is 212 Å². The first-order valence-electron chi connectivity index (χ1n) is 25.4. The number of carbonyl (C=O) groups excluding carboxylic acids is 1. The van der Waals surface area contributed by atoms with E-state index in [1.54, 1.807) is 0 Å². The molecule has 13 nitrogen and oxygen atoms in total. The van der Waals surface area contributed by atoms with Crippen molar-refractivity contribution in [3.05, 3.63) is 251 Å². The molecule has 2 heterocycles. The minimum atomic E-state index is -1.35. The van der Waals surface area contributed by atoms with E-state index in [1.165, 1.54) is 7.11 Å². The van der Waals surface area contributed by atoms with E-state index in [0.29, 0.717) is 6.61 Å². The molecular weight excluding hydrogens is 951 g/mol. The fourth-order valence-electron chi connectivity index (χ4n) is 9.06. The standard InChI is InChI=1S/C62H65NO12/c1-65-60-57(71-42-50-33-19-7-20-34-50)55(69-40-48-29-15-5-16-30-48)56(70-41-49-31-17-6-18-32-49)59(74-60)63-62(64)75-61-58(72-43-51-35-21-8-22-36-51)54(68-39-47-27-13-4-14-28-47)53(67-38-46-25-11-3-12-26-46)52(73-61)44-66-37-45-23-9-2-10-24-45/h2-36,52-61H,37-44H2,1H3,(H,63,64)/t52-,53-,54+,55+,56+,57-,58-,59+,60+,61+/m1/s1. The van der Waals surface area contributed by atoms with Gasteiger partial charge in [-0.1, -0.05) is 212 Å². The lowest BCUT2D eigenvalue weighted by Crippen LogP contribution is -2.66. The van der Waals surface area contributed by atoms with Gasteiger partial charge in [0.15, 0.2) is 12.5 Å². The Morgan fingerprint density at radius 1 is 0.373 bits per heavy atom. The van der Waals surface area contributed by atoms with Crippen LogP contribution in [-0.4, -0.2) is 81.3 Å². The van der Waals surface area contributed by atoms with Crippen molar-refractivity contribution in [3.8, 4) is 0 Å². The minimum absolute atomic E-state index is 0.0634. The number of hydrogen-bond donors (Lipinski definition) is 1. The molecule has 7 aromatic carbocycles. The molecule has 0 unspecified atom stereocenters. The van der Waals surface area contributed by atoms with Crippen LogP contribution in [0.5, 0.6) is 0 Å². The molecular formula is C62H65NO12. The summed E-state index contributed by atoms with van der Waals surface area (Å²) in [7, 11) is 1.52. The molecule has 10 atom stereocenters. The number of hydrogen-bond acceptors (Lipinski definition) is 12. The molecule has 75 heavy (non-hydrogen) atoms. The van der Waals surface area contributed by atoms with E-state index >= 15 is 0 Å². The van der Waals surface area contributed by atoms with E-state index in [4.69, 9.17) is 52.1 Å². The van der Waals surface area contributed by atoms with Crippen LogP contribution in [0.25, 0.3) is 0 Å². The molecule has 0 radical (unpaired) electrons. The number of rotatable bonds is 25. The molecule has 2 aliphatic heterocycles. The molecule has 1 amide bonds. The van der Waals surface area contributed by atoms with Gasteiger partial charge in [0, 0.05) is 7.11 Å². The lowest BCUT2D eigenvalue weighted by molar-refractivity contribution is -0.325. The van der Waals surface area contributed by atoms with Crippen LogP contribution in [0.3, 0.4) is 0 Å². The third kappa shape index (κ3) is 15.7. The Morgan fingerprint density at radius 3 is 1.05 bits per heavy atom. The van der Waals surface area contributed by atoms with E-state index in [2.05, 4.69) is 5.32 Å². The average molecular weight is 1020 g/mol. The number of carbonyl (C=O) groups is 1. The summed E-state index contributed by atoms with van der Waals surface area (Å²) in [6.07, 6.45) is -10.5. The average Bonchev–Trinajstić information content (AvgIpc) is 3.46. The molecule has 7 aromatic rings. The van der Waals surface area contributed by atoms with Crippen molar-refractivity contribution in [1.82, 2.24) is 5.32 Å². The third-order valence-electron chi connectivity index (χ3n) is 12.9. The van der Waals surface area contributed by atoms with Gasteiger partial charge in [-0.15, -0.1) is 0 Å². The Kier molecular flexibility index (Phi) is 20.1. The summed E-state index contributed by atoms with van der Waals surface area (Å²) in [5.74, 6) is 0. The second kappa shape index (κ2) is 28.3. The number of benzene rings is 7. The smallest absolute Gasteiger partial charge is 0.411 e. The molecule has 0 saturated carbocycles. The number of alkyl carbamates (subject to hydrolysis) is 1. The van der Waals surface area contributed by atoms with Gasteiger partial charge in [-0.2, -0.15) is 0 Å². The van der Waals surface area contributed by atoms with Crippen LogP contribution in [0, 0.1) is 0 Å². The van der Waals surface area contributed by atoms with E-state index < -0.39 is 67.6 Å². The second-order valence-corrected chi connectivity index (χ2v) is 18.3. The van der Waals surface area contributed by atoms with Gasteiger partial charge in [-0.05, 0) is 38.9 Å². The zero-order valence-corrected chi connectivity index (χ0v) is 42.0. The van der Waals surface area contributed by atoms with E-state index in [1.807, 2.05) is 212 Å². The number of methoxy groups -OCH3 is 1. The van der Waals surface area contributed by atoms with E-state index in [-0.39, 0.29) is 46.2 Å². The maximum atomic E-state index is 14.9. The van der Waals surface area contributed by atoms with Crippen LogP contribution in [0.1, 0.15) is 38.9 Å². The highest BCUT2D eigenvalue weighted by Crippen LogP contribution is 2.34. The van der Waals surface area contributed by atoms with E-state index in [0.717, 1.165) is 38.9 Å². The summed E-state index contributed by atoms with van der Waals surface area (Å²) in [6, 6.07) is 68.7. The lowest BCUT2D eigenvalue weighted by atomic mass is 9.97. The Hall–Kier alpha value is -6.59. The molecule has 2 fully saturated rings. The van der Waals surface area contributed by atoms with Crippen LogP contribution in [0.4, 0.5) is 4.79 Å². The van der Waals surface area contributed by atoms with Crippen LogP contribution in [0.2, 0.25) is 0 Å².